The smallest absolute Gasteiger partial charge is 0.150 e. The molecule has 7 rings (SSSR count). The molecule has 0 aromatic heterocycles. The summed E-state index contributed by atoms with van der Waals surface area (Å²) in [5.41, 5.74) is 4.06. The number of carbonyl (C=O) groups excluding carboxylic acids is 1. The summed E-state index contributed by atoms with van der Waals surface area (Å²) in [6, 6.07) is 10.9. The van der Waals surface area contributed by atoms with E-state index in [9.17, 15) is 4.79 Å². The highest BCUT2D eigenvalue weighted by molar-refractivity contribution is 6.00. The number of carbonyl (C=O) groups is 1. The third-order valence-electron chi connectivity index (χ3n) is 8.76. The van der Waals surface area contributed by atoms with E-state index in [2.05, 4.69) is 36.4 Å². The van der Waals surface area contributed by atoms with Gasteiger partial charge in [-0.1, -0.05) is 42.5 Å². The molecule has 0 radical (unpaired) electrons. The fraction of sp³-hybridized carbons (Fsp3) is 0.458. The van der Waals surface area contributed by atoms with Crippen LogP contribution in [0.1, 0.15) is 40.2 Å². The van der Waals surface area contributed by atoms with Crippen molar-refractivity contribution in [1.82, 2.24) is 0 Å². The average Bonchev–Trinajstić information content (AvgIpc) is 3.42. The van der Waals surface area contributed by atoms with Gasteiger partial charge in [0.15, 0.2) is 6.29 Å². The van der Waals surface area contributed by atoms with E-state index >= 15 is 0 Å². The molecule has 8 unspecified atom stereocenters. The van der Waals surface area contributed by atoms with E-state index in [0.717, 1.165) is 64.6 Å². The van der Waals surface area contributed by atoms with E-state index in [0.29, 0.717) is 0 Å². The Bertz CT molecular complexity index is 969. The molecule has 8 atom stereocenters. The van der Waals surface area contributed by atoms with Gasteiger partial charge in [0, 0.05) is 5.56 Å². The van der Waals surface area contributed by atoms with Crippen LogP contribution >= 0.6 is 0 Å². The summed E-state index contributed by atoms with van der Waals surface area (Å²) < 4.78 is 0. The second-order valence-corrected chi connectivity index (χ2v) is 9.25. The lowest BCUT2D eigenvalue weighted by Crippen LogP contribution is -2.34. The van der Waals surface area contributed by atoms with Crippen molar-refractivity contribution < 1.29 is 4.79 Å². The maximum atomic E-state index is 11.4. The van der Waals surface area contributed by atoms with Crippen molar-refractivity contribution >= 4 is 17.1 Å². The highest BCUT2D eigenvalue weighted by Gasteiger charge is 2.65. The molecule has 1 heteroatoms. The summed E-state index contributed by atoms with van der Waals surface area (Å²) in [4.78, 5) is 11.4. The van der Waals surface area contributed by atoms with Crippen molar-refractivity contribution in [2.75, 3.05) is 0 Å². The molecule has 0 aliphatic heterocycles. The third-order valence-corrected chi connectivity index (χ3v) is 8.76. The Balaban J connectivity index is 1.40. The minimum absolute atomic E-state index is 0.804. The third kappa shape index (κ3) is 1.39. The molecule has 1 nitrogen and oxygen atoms in total. The van der Waals surface area contributed by atoms with E-state index in [-0.39, 0.29) is 0 Å². The van der Waals surface area contributed by atoms with Crippen molar-refractivity contribution in [3.8, 4) is 0 Å². The van der Waals surface area contributed by atoms with Gasteiger partial charge >= 0.3 is 0 Å². The zero-order chi connectivity index (χ0) is 16.3. The molecule has 4 bridgehead atoms. The predicted molar refractivity (Wildman–Crippen MR) is 98.6 cm³/mol. The molecular weight excluding hydrogens is 304 g/mol. The Hall–Kier alpha value is -1.89. The highest BCUT2D eigenvalue weighted by Crippen LogP contribution is 2.73. The number of fused-ring (bicyclic) bond motifs is 16. The molecule has 3 fully saturated rings. The van der Waals surface area contributed by atoms with Crippen LogP contribution in [0.2, 0.25) is 0 Å². The predicted octanol–water partition coefficient (Wildman–Crippen LogP) is 5.00. The first-order valence-corrected chi connectivity index (χ1v) is 10.0. The zero-order valence-corrected chi connectivity index (χ0v) is 14.3. The lowest BCUT2D eigenvalue weighted by atomic mass is 9.65. The van der Waals surface area contributed by atoms with Crippen LogP contribution in [-0.4, -0.2) is 6.29 Å². The lowest BCUT2D eigenvalue weighted by molar-refractivity contribution is 0.112. The van der Waals surface area contributed by atoms with Gasteiger partial charge in [0.1, 0.15) is 0 Å². The molecule has 5 aliphatic rings. The number of hydrogen-bond acceptors (Lipinski definition) is 1. The first kappa shape index (κ1) is 13.3. The van der Waals surface area contributed by atoms with Gasteiger partial charge in [-0.05, 0) is 88.5 Å². The SMILES string of the molecule is O=Cc1cccc2c3c(ccc12)C1C(C3)C2CC1C1C3C=CC(C3)C21. The average molecular weight is 326 g/mol. The number of allylic oxidation sites excluding steroid dienone is 2. The molecule has 2 aromatic carbocycles. The Morgan fingerprint density at radius 2 is 1.68 bits per heavy atom. The van der Waals surface area contributed by atoms with Crippen molar-refractivity contribution in [1.29, 1.82) is 0 Å². The van der Waals surface area contributed by atoms with E-state index in [1.807, 2.05) is 6.07 Å². The van der Waals surface area contributed by atoms with Gasteiger partial charge in [-0.3, -0.25) is 4.79 Å². The maximum Gasteiger partial charge on any atom is 0.150 e. The topological polar surface area (TPSA) is 17.1 Å². The summed E-state index contributed by atoms with van der Waals surface area (Å²) in [7, 11) is 0. The van der Waals surface area contributed by atoms with E-state index in [1.165, 1.54) is 24.6 Å². The largest absolute Gasteiger partial charge is 0.298 e. The van der Waals surface area contributed by atoms with Crippen LogP contribution in [0, 0.1) is 41.4 Å². The van der Waals surface area contributed by atoms with Gasteiger partial charge < -0.3 is 0 Å². The molecule has 25 heavy (non-hydrogen) atoms. The second-order valence-electron chi connectivity index (χ2n) is 9.25. The molecule has 0 amide bonds. The fourth-order valence-electron chi connectivity index (χ4n) is 8.24. The number of hydrogen-bond donors (Lipinski definition) is 0. The Morgan fingerprint density at radius 1 is 0.840 bits per heavy atom. The van der Waals surface area contributed by atoms with Crippen LogP contribution in [0.15, 0.2) is 42.5 Å². The molecule has 3 saturated carbocycles. The Morgan fingerprint density at radius 3 is 2.52 bits per heavy atom. The van der Waals surface area contributed by atoms with Crippen molar-refractivity contribution in [3.05, 3.63) is 59.2 Å². The van der Waals surface area contributed by atoms with Gasteiger partial charge in [-0.15, -0.1) is 0 Å². The molecule has 0 heterocycles. The van der Waals surface area contributed by atoms with Crippen molar-refractivity contribution in [2.45, 2.75) is 25.2 Å². The van der Waals surface area contributed by atoms with Crippen LogP contribution in [0.5, 0.6) is 0 Å². The van der Waals surface area contributed by atoms with Gasteiger partial charge in [-0.25, -0.2) is 0 Å². The lowest BCUT2D eigenvalue weighted by Gasteiger charge is -2.39. The summed E-state index contributed by atoms with van der Waals surface area (Å²) >= 11 is 0. The van der Waals surface area contributed by atoms with E-state index in [1.54, 1.807) is 11.1 Å². The quantitative estimate of drug-likeness (QED) is 0.410. The van der Waals surface area contributed by atoms with Gasteiger partial charge in [0.25, 0.3) is 0 Å². The summed E-state index contributed by atoms with van der Waals surface area (Å²) in [6.45, 7) is 0. The molecule has 0 saturated heterocycles. The molecule has 0 N–H and O–H groups in total. The first-order chi connectivity index (χ1) is 12.3. The molecular formula is C24H22O. The van der Waals surface area contributed by atoms with Crippen molar-refractivity contribution in [3.63, 3.8) is 0 Å². The Labute approximate surface area is 148 Å². The van der Waals surface area contributed by atoms with E-state index < -0.39 is 0 Å². The maximum absolute atomic E-state index is 11.4. The zero-order valence-electron chi connectivity index (χ0n) is 14.3. The van der Waals surface area contributed by atoms with Crippen LogP contribution in [-0.2, 0) is 6.42 Å². The number of benzene rings is 2. The van der Waals surface area contributed by atoms with Gasteiger partial charge in [0.05, 0.1) is 0 Å². The van der Waals surface area contributed by atoms with Gasteiger partial charge in [-0.2, -0.15) is 0 Å². The van der Waals surface area contributed by atoms with Crippen LogP contribution in [0.4, 0.5) is 0 Å². The Kier molecular flexibility index (Phi) is 2.27. The number of aldehydes is 1. The summed E-state index contributed by atoms with van der Waals surface area (Å²) in [6.07, 6.45) is 10.3. The van der Waals surface area contributed by atoms with Crippen LogP contribution < -0.4 is 0 Å². The minimum Gasteiger partial charge on any atom is -0.298 e. The van der Waals surface area contributed by atoms with Crippen molar-refractivity contribution in [2.24, 2.45) is 41.4 Å². The van der Waals surface area contributed by atoms with Gasteiger partial charge in [0.2, 0.25) is 0 Å². The number of rotatable bonds is 1. The van der Waals surface area contributed by atoms with Crippen LogP contribution in [0.25, 0.3) is 10.8 Å². The normalized spacial score (nSPS) is 44.3. The minimum atomic E-state index is 0.804. The first-order valence-electron chi connectivity index (χ1n) is 10.0. The monoisotopic (exact) mass is 326 g/mol. The molecule has 5 aliphatic carbocycles. The molecule has 0 spiro atoms. The fourth-order valence-corrected chi connectivity index (χ4v) is 8.24. The highest BCUT2D eigenvalue weighted by atomic mass is 16.1. The van der Waals surface area contributed by atoms with Crippen LogP contribution in [0.3, 0.4) is 0 Å². The second kappa shape index (κ2) is 4.26. The summed E-state index contributed by atoms with van der Waals surface area (Å²) in [5, 5.41) is 2.51. The summed E-state index contributed by atoms with van der Waals surface area (Å²) in [5.74, 6) is 7.31. The van der Waals surface area contributed by atoms with E-state index in [4.69, 9.17) is 0 Å². The standard InChI is InChI=1S/C24H22O/c25-11-14-2-1-3-16-15(14)6-7-17-18(16)9-20-19-10-21(24(17)20)23-13-5-4-12(8-13)22(19)23/h1-7,11-13,19-24H,8-10H2. The molecule has 2 aromatic rings. The molecule has 124 valence electrons.